The van der Waals surface area contributed by atoms with Crippen LogP contribution in [-0.4, -0.2) is 27.3 Å². The second kappa shape index (κ2) is 10.4. The van der Waals surface area contributed by atoms with Gasteiger partial charge in [-0.2, -0.15) is 20.5 Å². The minimum atomic E-state index is -1.25. The molecule has 0 aliphatic carbocycles. The van der Waals surface area contributed by atoms with E-state index in [9.17, 15) is 19.8 Å². The molecule has 0 saturated heterocycles. The molecule has 0 unspecified atom stereocenters. The van der Waals surface area contributed by atoms with E-state index in [1.807, 2.05) is 36.4 Å². The Morgan fingerprint density at radius 3 is 1.42 bits per heavy atom. The predicted molar refractivity (Wildman–Crippen MR) is 133 cm³/mol. The predicted octanol–water partition coefficient (Wildman–Crippen LogP) is 7.59. The highest BCUT2D eigenvalue weighted by molar-refractivity contribution is 5.92. The number of carboxylic acid groups (broad SMARTS) is 2. The Balaban J connectivity index is 1.44. The first-order valence-electron chi connectivity index (χ1n) is 10.7. The molecule has 0 heterocycles. The van der Waals surface area contributed by atoms with Crippen LogP contribution in [0.25, 0.3) is 11.1 Å². The lowest BCUT2D eigenvalue weighted by atomic mass is 10.1. The molecule has 9 nitrogen and oxygen atoms in total. The van der Waals surface area contributed by atoms with Gasteiger partial charge in [-0.3, -0.25) is 0 Å². The third-order valence-corrected chi connectivity index (χ3v) is 5.29. The number of benzene rings is 4. The van der Waals surface area contributed by atoms with Crippen molar-refractivity contribution in [3.63, 3.8) is 0 Å². The number of aromatic carboxylic acids is 2. The number of carboxylic acids is 2. The molecular formula is C27H20N4O5. The summed E-state index contributed by atoms with van der Waals surface area (Å²) in [5, 5.41) is 44.4. The van der Waals surface area contributed by atoms with Gasteiger partial charge in [-0.15, -0.1) is 0 Å². The highest BCUT2D eigenvalue weighted by Gasteiger charge is 2.10. The Morgan fingerprint density at radius 1 is 0.556 bits per heavy atom. The number of rotatable bonds is 7. The van der Waals surface area contributed by atoms with Gasteiger partial charge in [-0.1, -0.05) is 30.3 Å². The van der Waals surface area contributed by atoms with Crippen molar-refractivity contribution in [2.24, 2.45) is 20.5 Å². The average molecular weight is 480 g/mol. The molecule has 0 radical (unpaired) electrons. The summed E-state index contributed by atoms with van der Waals surface area (Å²) in [4.78, 5) is 22.4. The highest BCUT2D eigenvalue weighted by Crippen LogP contribution is 2.28. The van der Waals surface area contributed by atoms with E-state index in [0.717, 1.165) is 11.1 Å². The first kappa shape index (κ1) is 24.0. The van der Waals surface area contributed by atoms with Crippen molar-refractivity contribution in [1.82, 2.24) is 0 Å². The van der Waals surface area contributed by atoms with Gasteiger partial charge in [0.1, 0.15) is 11.3 Å². The van der Waals surface area contributed by atoms with Crippen LogP contribution in [0.1, 0.15) is 26.3 Å². The van der Waals surface area contributed by atoms with Crippen molar-refractivity contribution in [2.45, 2.75) is 6.92 Å². The molecule has 178 valence electrons. The van der Waals surface area contributed by atoms with E-state index < -0.39 is 11.9 Å². The molecule has 3 N–H and O–H groups in total. The standard InChI is InChI=1S/C27H20N4O5/c1-16-2-7-21(14-23(16)26(33)34)30-28-19-8-3-17(4-9-19)18-5-10-20(11-6-18)29-31-22-12-13-25(32)24(15-22)27(35)36/h2-15,32H,1H3,(H,33,34)(H,35,36)/b30-28+,31-29+. The number of hydrogen-bond acceptors (Lipinski definition) is 7. The van der Waals surface area contributed by atoms with Crippen LogP contribution in [0.2, 0.25) is 0 Å². The third kappa shape index (κ3) is 5.65. The van der Waals surface area contributed by atoms with Gasteiger partial charge in [0.15, 0.2) is 0 Å². The fraction of sp³-hybridized carbons (Fsp3) is 0.0370. The monoisotopic (exact) mass is 480 g/mol. The Kier molecular flexibility index (Phi) is 6.92. The molecule has 0 bridgehead atoms. The van der Waals surface area contributed by atoms with E-state index in [0.29, 0.717) is 28.3 Å². The fourth-order valence-corrected chi connectivity index (χ4v) is 3.33. The summed E-state index contributed by atoms with van der Waals surface area (Å²) in [5.41, 5.74) is 4.47. The van der Waals surface area contributed by atoms with Gasteiger partial charge in [-0.25, -0.2) is 9.59 Å². The summed E-state index contributed by atoms with van der Waals surface area (Å²) in [5.74, 6) is -2.58. The van der Waals surface area contributed by atoms with E-state index in [4.69, 9.17) is 5.11 Å². The summed E-state index contributed by atoms with van der Waals surface area (Å²) in [6.45, 7) is 1.73. The molecule has 0 aliphatic heterocycles. The number of carbonyl (C=O) groups is 2. The smallest absolute Gasteiger partial charge is 0.339 e. The zero-order chi connectivity index (χ0) is 25.7. The Labute approximate surface area is 205 Å². The van der Waals surface area contributed by atoms with Crippen LogP contribution in [0.3, 0.4) is 0 Å². The quantitative estimate of drug-likeness (QED) is 0.233. The molecule has 9 heteroatoms. The van der Waals surface area contributed by atoms with Crippen molar-refractivity contribution in [3.05, 3.63) is 102 Å². The number of aryl methyl sites for hydroxylation is 1. The molecule has 0 atom stereocenters. The Hall–Kier alpha value is -5.18. The normalized spacial score (nSPS) is 11.2. The topological polar surface area (TPSA) is 144 Å². The molecule has 0 spiro atoms. The van der Waals surface area contributed by atoms with Gasteiger partial charge in [0.05, 0.1) is 28.3 Å². The average Bonchev–Trinajstić information content (AvgIpc) is 2.88. The Bertz CT molecular complexity index is 1380. The first-order valence-corrected chi connectivity index (χ1v) is 10.7. The van der Waals surface area contributed by atoms with Gasteiger partial charge in [0.2, 0.25) is 0 Å². The molecule has 36 heavy (non-hydrogen) atoms. The lowest BCUT2D eigenvalue weighted by Crippen LogP contribution is -1.98. The SMILES string of the molecule is Cc1ccc(/N=N/c2ccc(-c3ccc(/N=N/c4ccc(O)c(C(=O)O)c4)cc3)cc2)cc1C(=O)O. The molecule has 0 aliphatic rings. The van der Waals surface area contributed by atoms with Gasteiger partial charge in [0.25, 0.3) is 0 Å². The summed E-state index contributed by atoms with van der Waals surface area (Å²) in [6, 6.07) is 23.6. The third-order valence-electron chi connectivity index (χ3n) is 5.29. The maximum Gasteiger partial charge on any atom is 0.339 e. The molecule has 0 saturated carbocycles. The number of aromatic hydroxyl groups is 1. The molecule has 4 rings (SSSR count). The summed E-state index contributed by atoms with van der Waals surface area (Å²) in [6.07, 6.45) is 0. The van der Waals surface area contributed by atoms with E-state index >= 15 is 0 Å². The molecule has 0 amide bonds. The van der Waals surface area contributed by atoms with Crippen molar-refractivity contribution in [2.75, 3.05) is 0 Å². The van der Waals surface area contributed by atoms with E-state index in [-0.39, 0.29) is 16.9 Å². The molecule has 4 aromatic rings. The molecular weight excluding hydrogens is 460 g/mol. The lowest BCUT2D eigenvalue weighted by Gasteiger charge is -2.03. The van der Waals surface area contributed by atoms with Crippen LogP contribution in [-0.2, 0) is 0 Å². The van der Waals surface area contributed by atoms with Crippen molar-refractivity contribution in [1.29, 1.82) is 0 Å². The van der Waals surface area contributed by atoms with Gasteiger partial charge in [0, 0.05) is 0 Å². The summed E-state index contributed by atoms with van der Waals surface area (Å²) >= 11 is 0. The highest BCUT2D eigenvalue weighted by atomic mass is 16.4. The molecule has 0 fully saturated rings. The molecule has 4 aromatic carbocycles. The fourth-order valence-electron chi connectivity index (χ4n) is 3.33. The maximum absolute atomic E-state index is 11.3. The largest absolute Gasteiger partial charge is 0.507 e. The summed E-state index contributed by atoms with van der Waals surface area (Å²) < 4.78 is 0. The van der Waals surface area contributed by atoms with Crippen LogP contribution < -0.4 is 0 Å². The zero-order valence-corrected chi connectivity index (χ0v) is 19.0. The number of hydrogen-bond donors (Lipinski definition) is 3. The van der Waals surface area contributed by atoms with Gasteiger partial charge < -0.3 is 15.3 Å². The number of nitrogens with zero attached hydrogens (tertiary/aromatic N) is 4. The Morgan fingerprint density at radius 2 is 0.944 bits per heavy atom. The summed E-state index contributed by atoms with van der Waals surface area (Å²) in [7, 11) is 0. The van der Waals surface area contributed by atoms with Crippen LogP contribution in [0.4, 0.5) is 22.7 Å². The maximum atomic E-state index is 11.3. The second-order valence-electron chi connectivity index (χ2n) is 7.80. The lowest BCUT2D eigenvalue weighted by molar-refractivity contribution is 0.0683. The van der Waals surface area contributed by atoms with E-state index in [1.165, 1.54) is 24.3 Å². The van der Waals surface area contributed by atoms with E-state index in [1.54, 1.807) is 31.2 Å². The number of azo groups is 2. The van der Waals surface area contributed by atoms with E-state index in [2.05, 4.69) is 20.5 Å². The van der Waals surface area contributed by atoms with Gasteiger partial charge in [-0.05, 0) is 78.2 Å². The van der Waals surface area contributed by atoms with Crippen molar-refractivity contribution >= 4 is 34.7 Å². The van der Waals surface area contributed by atoms with Crippen molar-refractivity contribution in [3.8, 4) is 16.9 Å². The van der Waals surface area contributed by atoms with Crippen molar-refractivity contribution < 1.29 is 24.9 Å². The van der Waals surface area contributed by atoms with Crippen LogP contribution in [0.15, 0.2) is 105 Å². The van der Waals surface area contributed by atoms with Gasteiger partial charge >= 0.3 is 11.9 Å². The second-order valence-corrected chi connectivity index (χ2v) is 7.80. The first-order chi connectivity index (χ1) is 17.3. The van der Waals surface area contributed by atoms with Crippen LogP contribution >= 0.6 is 0 Å². The van der Waals surface area contributed by atoms with Crippen LogP contribution in [0, 0.1) is 6.92 Å². The number of phenols is 1. The minimum absolute atomic E-state index is 0.192. The van der Waals surface area contributed by atoms with Crippen LogP contribution in [0.5, 0.6) is 5.75 Å². The zero-order valence-electron chi connectivity index (χ0n) is 19.0. The molecule has 0 aromatic heterocycles. The minimum Gasteiger partial charge on any atom is -0.507 e.